The molecule has 6 heteroatoms. The molecule has 5 nitrogen and oxygen atoms in total. The monoisotopic (exact) mass is 313 g/mol. The van der Waals surface area contributed by atoms with Gasteiger partial charge in [-0.15, -0.1) is 0 Å². The molecule has 0 atom stereocenters. The number of hydrogen-bond donors (Lipinski definition) is 0. The largest absolute Gasteiger partial charge is 0.368 e. The quantitative estimate of drug-likeness (QED) is 0.815. The Morgan fingerprint density at radius 2 is 1.78 bits per heavy atom. The molecular formula is C17H20FN5. The van der Waals surface area contributed by atoms with Gasteiger partial charge < -0.3 is 9.80 Å². The van der Waals surface area contributed by atoms with Crippen LogP contribution < -0.4 is 9.80 Å². The zero-order chi connectivity index (χ0) is 15.8. The minimum Gasteiger partial charge on any atom is -0.368 e. The maximum absolute atomic E-state index is 13.3. The first-order valence-corrected chi connectivity index (χ1v) is 8.16. The Morgan fingerprint density at radius 3 is 2.48 bits per heavy atom. The number of pyridine rings is 1. The topological polar surface area (TPSA) is 45.2 Å². The highest BCUT2D eigenvalue weighted by atomic mass is 19.1. The average molecular weight is 313 g/mol. The van der Waals surface area contributed by atoms with Crippen molar-refractivity contribution in [3.63, 3.8) is 0 Å². The van der Waals surface area contributed by atoms with E-state index >= 15 is 0 Å². The van der Waals surface area contributed by atoms with Crippen molar-refractivity contribution in [2.75, 3.05) is 36.0 Å². The summed E-state index contributed by atoms with van der Waals surface area (Å²) in [7, 11) is 0. The molecule has 2 aromatic heterocycles. The van der Waals surface area contributed by atoms with Crippen molar-refractivity contribution in [1.82, 2.24) is 15.0 Å². The number of nitrogens with zero attached hydrogens (tertiary/aromatic N) is 5. The third-order valence-electron chi connectivity index (χ3n) is 4.48. The highest BCUT2D eigenvalue weighted by Crippen LogP contribution is 2.38. The predicted molar refractivity (Wildman–Crippen MR) is 87.4 cm³/mol. The van der Waals surface area contributed by atoms with Gasteiger partial charge in [0.05, 0.1) is 0 Å². The van der Waals surface area contributed by atoms with Crippen molar-refractivity contribution in [2.45, 2.75) is 25.7 Å². The maximum Gasteiger partial charge on any atom is 0.214 e. The summed E-state index contributed by atoms with van der Waals surface area (Å²) in [4.78, 5) is 17.4. The number of hydrogen-bond acceptors (Lipinski definition) is 5. The summed E-state index contributed by atoms with van der Waals surface area (Å²) in [5, 5.41) is 0. The van der Waals surface area contributed by atoms with Crippen LogP contribution in [-0.2, 0) is 0 Å². The van der Waals surface area contributed by atoms with Gasteiger partial charge in [0, 0.05) is 61.8 Å². The molecule has 0 N–H and O–H groups in total. The van der Waals surface area contributed by atoms with Crippen LogP contribution in [0.15, 0.2) is 24.4 Å². The first kappa shape index (κ1) is 14.4. The van der Waals surface area contributed by atoms with Crippen LogP contribution in [0.2, 0.25) is 0 Å². The highest BCUT2D eigenvalue weighted by molar-refractivity contribution is 5.49. The fraction of sp³-hybridized carbons (Fsp3) is 0.471. The second-order valence-corrected chi connectivity index (χ2v) is 6.31. The molecule has 0 radical (unpaired) electrons. The van der Waals surface area contributed by atoms with Crippen LogP contribution >= 0.6 is 0 Å². The molecule has 0 bridgehead atoms. The van der Waals surface area contributed by atoms with E-state index in [-0.39, 0.29) is 0 Å². The lowest BCUT2D eigenvalue weighted by Crippen LogP contribution is -2.47. The molecule has 2 fully saturated rings. The smallest absolute Gasteiger partial charge is 0.214 e. The van der Waals surface area contributed by atoms with Crippen molar-refractivity contribution < 1.29 is 4.39 Å². The molecule has 1 saturated heterocycles. The first-order valence-electron chi connectivity index (χ1n) is 8.16. The third-order valence-corrected chi connectivity index (χ3v) is 4.48. The van der Waals surface area contributed by atoms with Crippen LogP contribution in [0.3, 0.4) is 0 Å². The molecule has 3 heterocycles. The number of aromatic nitrogens is 3. The van der Waals surface area contributed by atoms with E-state index in [1.54, 1.807) is 0 Å². The Labute approximate surface area is 135 Å². The molecule has 1 saturated carbocycles. The van der Waals surface area contributed by atoms with E-state index in [1.807, 2.05) is 13.0 Å². The summed E-state index contributed by atoms with van der Waals surface area (Å²) in [5.41, 5.74) is 1.94. The number of aryl methyl sites for hydroxylation is 1. The van der Waals surface area contributed by atoms with Crippen molar-refractivity contribution in [3.8, 4) is 0 Å². The number of rotatable bonds is 3. The van der Waals surface area contributed by atoms with Crippen LogP contribution in [0.5, 0.6) is 0 Å². The van der Waals surface area contributed by atoms with Crippen molar-refractivity contribution in [2.24, 2.45) is 0 Å². The summed E-state index contributed by atoms with van der Waals surface area (Å²) in [6.45, 7) is 5.50. The maximum atomic E-state index is 13.3. The van der Waals surface area contributed by atoms with Gasteiger partial charge in [0.1, 0.15) is 11.6 Å². The lowest BCUT2D eigenvalue weighted by atomic mass is 10.2. The Hall–Kier alpha value is -2.24. The fourth-order valence-corrected chi connectivity index (χ4v) is 3.04. The molecule has 0 aromatic carbocycles. The van der Waals surface area contributed by atoms with E-state index in [4.69, 9.17) is 4.98 Å². The molecule has 1 aliphatic carbocycles. The second-order valence-electron chi connectivity index (χ2n) is 6.31. The van der Waals surface area contributed by atoms with Crippen LogP contribution in [-0.4, -0.2) is 41.1 Å². The fourth-order valence-electron chi connectivity index (χ4n) is 3.04. The van der Waals surface area contributed by atoms with Gasteiger partial charge in [0.25, 0.3) is 0 Å². The van der Waals surface area contributed by atoms with Crippen LogP contribution in [0.1, 0.15) is 30.3 Å². The van der Waals surface area contributed by atoms with Gasteiger partial charge in [-0.25, -0.2) is 15.0 Å². The lowest BCUT2D eigenvalue weighted by molar-refractivity contribution is 0.580. The SMILES string of the molecule is Cc1cc(N2CCN(c3ccnc(F)c3)CC2)nc(C2CC2)n1. The van der Waals surface area contributed by atoms with Gasteiger partial charge in [-0.1, -0.05) is 0 Å². The molecule has 4 rings (SSSR count). The van der Waals surface area contributed by atoms with Crippen molar-refractivity contribution in [1.29, 1.82) is 0 Å². The predicted octanol–water partition coefficient (Wildman–Crippen LogP) is 2.52. The van der Waals surface area contributed by atoms with E-state index in [0.717, 1.165) is 49.2 Å². The van der Waals surface area contributed by atoms with Crippen molar-refractivity contribution >= 4 is 11.5 Å². The number of piperazine rings is 1. The van der Waals surface area contributed by atoms with Crippen molar-refractivity contribution in [3.05, 3.63) is 41.9 Å². The Bertz CT molecular complexity index is 708. The molecule has 0 amide bonds. The van der Waals surface area contributed by atoms with Gasteiger partial charge in [-0.3, -0.25) is 0 Å². The van der Waals surface area contributed by atoms with Gasteiger partial charge in [-0.05, 0) is 25.8 Å². The summed E-state index contributed by atoms with van der Waals surface area (Å²) < 4.78 is 13.3. The van der Waals surface area contributed by atoms with Crippen LogP contribution in [0, 0.1) is 12.9 Å². The molecule has 23 heavy (non-hydrogen) atoms. The van der Waals surface area contributed by atoms with Gasteiger partial charge >= 0.3 is 0 Å². The van der Waals surface area contributed by atoms with Gasteiger partial charge in [0.2, 0.25) is 5.95 Å². The van der Waals surface area contributed by atoms with Crippen LogP contribution in [0.4, 0.5) is 15.9 Å². The first-order chi connectivity index (χ1) is 11.2. The summed E-state index contributed by atoms with van der Waals surface area (Å²) in [6, 6.07) is 5.42. The zero-order valence-corrected chi connectivity index (χ0v) is 13.2. The summed E-state index contributed by atoms with van der Waals surface area (Å²) in [5.74, 6) is 2.17. The Morgan fingerprint density at radius 1 is 1.04 bits per heavy atom. The van der Waals surface area contributed by atoms with E-state index in [2.05, 4.69) is 25.8 Å². The van der Waals surface area contributed by atoms with E-state index < -0.39 is 5.95 Å². The Balaban J connectivity index is 1.47. The molecule has 2 aromatic rings. The molecular weight excluding hydrogens is 293 g/mol. The Kier molecular flexibility index (Phi) is 3.59. The molecule has 120 valence electrons. The number of halogens is 1. The molecule has 0 unspecified atom stereocenters. The van der Waals surface area contributed by atoms with Gasteiger partial charge in [-0.2, -0.15) is 4.39 Å². The average Bonchev–Trinajstić information content (AvgIpc) is 3.39. The molecule has 2 aliphatic rings. The molecule has 1 aliphatic heterocycles. The standard InChI is InChI=1S/C17H20FN5/c1-12-10-16(21-17(20-12)13-2-3-13)23-8-6-22(7-9-23)14-4-5-19-15(18)11-14/h4-5,10-11,13H,2-3,6-9H2,1H3. The number of anilines is 2. The van der Waals surface area contributed by atoms with Crippen LogP contribution in [0.25, 0.3) is 0 Å². The molecule has 0 spiro atoms. The minimum atomic E-state index is -0.426. The van der Waals surface area contributed by atoms with Gasteiger partial charge in [0.15, 0.2) is 0 Å². The summed E-state index contributed by atoms with van der Waals surface area (Å²) in [6.07, 6.45) is 3.95. The third kappa shape index (κ3) is 3.11. The highest BCUT2D eigenvalue weighted by Gasteiger charge is 2.28. The lowest BCUT2D eigenvalue weighted by Gasteiger charge is -2.36. The second kappa shape index (κ2) is 5.76. The van der Waals surface area contributed by atoms with E-state index in [0.29, 0.717) is 5.92 Å². The summed E-state index contributed by atoms with van der Waals surface area (Å²) >= 11 is 0. The van der Waals surface area contributed by atoms with E-state index in [9.17, 15) is 4.39 Å². The van der Waals surface area contributed by atoms with E-state index in [1.165, 1.54) is 25.1 Å². The minimum absolute atomic E-state index is 0.426. The normalized spacial score (nSPS) is 18.3. The zero-order valence-electron chi connectivity index (χ0n) is 13.2.